The first-order valence-corrected chi connectivity index (χ1v) is 13.4. The molecule has 0 aromatic heterocycles. The lowest BCUT2D eigenvalue weighted by Gasteiger charge is -2.28. The summed E-state index contributed by atoms with van der Waals surface area (Å²) < 4.78 is 12.6. The monoisotopic (exact) mass is 487 g/mol. The highest BCUT2D eigenvalue weighted by Gasteiger charge is 2.32. The van der Waals surface area contributed by atoms with Crippen LogP contribution in [0.3, 0.4) is 0 Å². The van der Waals surface area contributed by atoms with Crippen LogP contribution in [0.5, 0.6) is 0 Å². The van der Waals surface area contributed by atoms with Crippen LogP contribution in [-0.4, -0.2) is 0 Å². The fourth-order valence-electron chi connectivity index (χ4n) is 5.06. The minimum absolute atomic E-state index is 0.169. The van der Waals surface area contributed by atoms with Crippen molar-refractivity contribution in [3.8, 4) is 11.1 Å². The molecule has 5 aromatic rings. The number of anilines is 3. The zero-order valence-corrected chi connectivity index (χ0v) is 21.7. The van der Waals surface area contributed by atoms with Gasteiger partial charge in [-0.05, 0) is 88.8 Å². The molecule has 5 rings (SSSR count). The van der Waals surface area contributed by atoms with Gasteiger partial charge in [0, 0.05) is 17.1 Å². The SMILES string of the molecule is CCC(CC)(P=O)c1cc2ccccc2cc1-c1ccc(N(c2ccccc2)c2ccccc2)cc1. The fourth-order valence-corrected chi connectivity index (χ4v) is 5.61. The lowest BCUT2D eigenvalue weighted by Crippen LogP contribution is -2.18. The molecule has 0 heterocycles. The first-order chi connectivity index (χ1) is 17.7. The normalized spacial score (nSPS) is 11.6. The van der Waals surface area contributed by atoms with E-state index in [4.69, 9.17) is 0 Å². The molecule has 0 N–H and O–H groups in total. The van der Waals surface area contributed by atoms with Gasteiger partial charge in [0.05, 0.1) is 5.16 Å². The highest BCUT2D eigenvalue weighted by Crippen LogP contribution is 2.47. The number of benzene rings is 5. The molecular formula is C33H30NOP. The number of para-hydroxylation sites is 2. The third-order valence-electron chi connectivity index (χ3n) is 7.20. The van der Waals surface area contributed by atoms with Crippen LogP contribution in [0.4, 0.5) is 17.1 Å². The van der Waals surface area contributed by atoms with Crippen LogP contribution in [0.25, 0.3) is 21.9 Å². The lowest BCUT2D eigenvalue weighted by atomic mass is 9.84. The van der Waals surface area contributed by atoms with Gasteiger partial charge >= 0.3 is 0 Å². The summed E-state index contributed by atoms with van der Waals surface area (Å²) in [5.74, 6) is 0. The molecule has 0 amide bonds. The molecule has 0 unspecified atom stereocenters. The molecule has 0 saturated carbocycles. The summed E-state index contributed by atoms with van der Waals surface area (Å²) in [5.41, 5.74) is 6.76. The van der Waals surface area contributed by atoms with Gasteiger partial charge in [0.2, 0.25) is 0 Å². The van der Waals surface area contributed by atoms with Crippen molar-refractivity contribution in [3.05, 3.63) is 127 Å². The smallest absolute Gasteiger partial charge is 0.166 e. The van der Waals surface area contributed by atoms with Crippen LogP contribution < -0.4 is 4.90 Å². The molecule has 2 nitrogen and oxygen atoms in total. The number of nitrogens with zero attached hydrogens (tertiary/aromatic N) is 1. The van der Waals surface area contributed by atoms with Crippen LogP contribution in [-0.2, 0) is 9.72 Å². The van der Waals surface area contributed by atoms with E-state index in [-0.39, 0.29) is 8.46 Å². The van der Waals surface area contributed by atoms with Gasteiger partial charge in [-0.2, -0.15) is 0 Å². The molecular weight excluding hydrogens is 457 g/mol. The van der Waals surface area contributed by atoms with Gasteiger partial charge in [-0.25, -0.2) is 0 Å². The summed E-state index contributed by atoms with van der Waals surface area (Å²) in [7, 11) is 0.169. The Hall–Kier alpha value is -3.74. The van der Waals surface area contributed by atoms with E-state index in [0.29, 0.717) is 0 Å². The summed E-state index contributed by atoms with van der Waals surface area (Å²) in [5, 5.41) is 1.97. The Morgan fingerprint density at radius 3 is 1.58 bits per heavy atom. The second-order valence-corrected chi connectivity index (χ2v) is 10.2. The summed E-state index contributed by atoms with van der Waals surface area (Å²) in [6.07, 6.45) is 1.63. The molecule has 0 spiro atoms. The van der Waals surface area contributed by atoms with Crippen LogP contribution in [0.1, 0.15) is 32.3 Å². The first-order valence-electron chi connectivity index (χ1n) is 12.6. The van der Waals surface area contributed by atoms with Gasteiger partial charge < -0.3 is 4.90 Å². The minimum atomic E-state index is -0.405. The third kappa shape index (κ3) is 4.45. The Bertz CT molecular complexity index is 1420. The molecule has 0 aliphatic heterocycles. The molecule has 3 heteroatoms. The maximum Gasteiger partial charge on any atom is 0.166 e. The van der Waals surface area contributed by atoms with Crippen LogP contribution >= 0.6 is 8.46 Å². The second-order valence-electron chi connectivity index (χ2n) is 9.13. The molecule has 178 valence electrons. The van der Waals surface area contributed by atoms with Gasteiger partial charge in [-0.15, -0.1) is 0 Å². The Morgan fingerprint density at radius 1 is 0.611 bits per heavy atom. The highest BCUT2D eigenvalue weighted by atomic mass is 31.1. The van der Waals surface area contributed by atoms with Crippen LogP contribution in [0, 0.1) is 0 Å². The molecule has 0 bridgehead atoms. The van der Waals surface area contributed by atoms with Crippen molar-refractivity contribution >= 4 is 36.3 Å². The third-order valence-corrected chi connectivity index (χ3v) is 8.42. The molecule has 0 aliphatic carbocycles. The van der Waals surface area contributed by atoms with Crippen molar-refractivity contribution in [3.63, 3.8) is 0 Å². The van der Waals surface area contributed by atoms with Crippen molar-refractivity contribution in [2.45, 2.75) is 31.8 Å². The number of fused-ring (bicyclic) bond motifs is 1. The number of rotatable bonds is 8. The fraction of sp³-hybridized carbons (Fsp3) is 0.152. The molecule has 0 fully saturated rings. The van der Waals surface area contributed by atoms with Crippen molar-refractivity contribution in [2.75, 3.05) is 4.90 Å². The second kappa shape index (κ2) is 10.5. The van der Waals surface area contributed by atoms with Crippen molar-refractivity contribution in [1.29, 1.82) is 0 Å². The van der Waals surface area contributed by atoms with E-state index >= 15 is 0 Å². The van der Waals surface area contributed by atoms with Gasteiger partial charge in [0.25, 0.3) is 0 Å². The van der Waals surface area contributed by atoms with E-state index in [0.717, 1.165) is 46.6 Å². The van der Waals surface area contributed by atoms with E-state index in [2.05, 4.69) is 128 Å². The zero-order chi connectivity index (χ0) is 25.0. The highest BCUT2D eigenvalue weighted by molar-refractivity contribution is 7.25. The van der Waals surface area contributed by atoms with Crippen molar-refractivity contribution in [1.82, 2.24) is 0 Å². The zero-order valence-electron chi connectivity index (χ0n) is 20.8. The maximum atomic E-state index is 12.6. The van der Waals surface area contributed by atoms with Crippen molar-refractivity contribution in [2.24, 2.45) is 0 Å². The van der Waals surface area contributed by atoms with Crippen LogP contribution in [0.15, 0.2) is 121 Å². The molecule has 0 atom stereocenters. The van der Waals surface area contributed by atoms with E-state index in [9.17, 15) is 4.57 Å². The quantitative estimate of drug-likeness (QED) is 0.203. The van der Waals surface area contributed by atoms with E-state index in [1.165, 1.54) is 10.8 Å². The Balaban J connectivity index is 1.65. The first kappa shape index (κ1) is 24.0. The largest absolute Gasteiger partial charge is 0.311 e. The van der Waals surface area contributed by atoms with Crippen molar-refractivity contribution < 1.29 is 4.57 Å². The summed E-state index contributed by atoms with van der Waals surface area (Å²) >= 11 is 0. The number of hydrogen-bond acceptors (Lipinski definition) is 2. The summed E-state index contributed by atoms with van der Waals surface area (Å²) in [4.78, 5) is 2.27. The predicted molar refractivity (Wildman–Crippen MR) is 154 cm³/mol. The minimum Gasteiger partial charge on any atom is -0.311 e. The molecule has 0 aliphatic rings. The summed E-state index contributed by atoms with van der Waals surface area (Å²) in [6, 6.07) is 42.6. The van der Waals surface area contributed by atoms with Crippen LogP contribution in [0.2, 0.25) is 0 Å². The lowest BCUT2D eigenvalue weighted by molar-refractivity contribution is 0.523. The van der Waals surface area contributed by atoms with Gasteiger partial charge in [-0.1, -0.05) is 86.6 Å². The predicted octanol–water partition coefficient (Wildman–Crippen LogP) is 10.3. The molecule has 0 saturated heterocycles. The average Bonchev–Trinajstić information content (AvgIpc) is 2.96. The number of hydrogen-bond donors (Lipinski definition) is 0. The maximum absolute atomic E-state index is 12.6. The Labute approximate surface area is 215 Å². The van der Waals surface area contributed by atoms with E-state index < -0.39 is 5.16 Å². The molecule has 5 aromatic carbocycles. The summed E-state index contributed by atoms with van der Waals surface area (Å²) in [6.45, 7) is 4.27. The van der Waals surface area contributed by atoms with E-state index in [1.807, 2.05) is 12.1 Å². The Kier molecular flexibility index (Phi) is 6.98. The standard InChI is InChI=1S/C33H30NOP/c1-3-33(4-2,36-35)32-24-27-14-12-11-13-26(27)23-31(32)25-19-21-30(22-20-25)34(28-15-7-5-8-16-28)29-17-9-6-10-18-29/h5-24H,3-4H2,1-2H3. The topological polar surface area (TPSA) is 20.3 Å². The van der Waals surface area contributed by atoms with Gasteiger partial charge in [-0.3, -0.25) is 4.57 Å². The average molecular weight is 488 g/mol. The van der Waals surface area contributed by atoms with E-state index in [1.54, 1.807) is 0 Å². The Morgan fingerprint density at radius 2 is 1.08 bits per heavy atom. The van der Waals surface area contributed by atoms with Gasteiger partial charge in [0.15, 0.2) is 8.46 Å². The molecule has 0 radical (unpaired) electrons. The molecule has 36 heavy (non-hydrogen) atoms. The van der Waals surface area contributed by atoms with Gasteiger partial charge in [0.1, 0.15) is 0 Å².